The van der Waals surface area contributed by atoms with E-state index < -0.39 is 0 Å². The molecule has 0 fully saturated rings. The Hall–Kier alpha value is 0.270. The van der Waals surface area contributed by atoms with Gasteiger partial charge in [0.05, 0.1) is 5.60 Å². The lowest BCUT2D eigenvalue weighted by Crippen LogP contribution is -2.37. The molecule has 0 spiro atoms. The minimum Gasteiger partial charge on any atom is -0.377 e. The van der Waals surface area contributed by atoms with Gasteiger partial charge in [-0.1, -0.05) is 6.92 Å². The van der Waals surface area contributed by atoms with Crippen molar-refractivity contribution in [2.24, 2.45) is 0 Å². The Balaban J connectivity index is 3.19. The monoisotopic (exact) mass is 191 g/mol. The maximum atomic E-state index is 5.27. The van der Waals surface area contributed by atoms with Crippen molar-refractivity contribution < 1.29 is 4.74 Å². The number of hydrogen-bond acceptors (Lipinski definition) is 3. The van der Waals surface area contributed by atoms with Gasteiger partial charge in [-0.05, 0) is 19.6 Å². The van der Waals surface area contributed by atoms with Crippen LogP contribution in [0.5, 0.6) is 0 Å². The SMILES string of the molecule is CCSCCNCC(C)(C)OC. The van der Waals surface area contributed by atoms with Crippen molar-refractivity contribution in [1.29, 1.82) is 0 Å². The summed E-state index contributed by atoms with van der Waals surface area (Å²) in [6, 6.07) is 0. The molecular weight excluding hydrogens is 170 g/mol. The molecule has 3 heteroatoms. The zero-order valence-corrected chi connectivity index (χ0v) is 9.46. The fourth-order valence-electron chi connectivity index (χ4n) is 0.750. The van der Waals surface area contributed by atoms with E-state index in [0.29, 0.717) is 0 Å². The van der Waals surface area contributed by atoms with Crippen molar-refractivity contribution in [2.45, 2.75) is 26.4 Å². The van der Waals surface area contributed by atoms with E-state index in [0.717, 1.165) is 13.1 Å². The van der Waals surface area contributed by atoms with Crippen LogP contribution in [0.3, 0.4) is 0 Å². The van der Waals surface area contributed by atoms with Gasteiger partial charge in [-0.25, -0.2) is 0 Å². The number of rotatable bonds is 7. The standard InChI is InChI=1S/C9H21NOS/c1-5-12-7-6-10-8-9(2,3)11-4/h10H,5-8H2,1-4H3. The molecule has 0 aliphatic heterocycles. The Bertz CT molecular complexity index is 107. The number of nitrogens with one attached hydrogen (secondary N) is 1. The molecule has 0 aromatic carbocycles. The Kier molecular flexibility index (Phi) is 6.90. The molecule has 0 amide bonds. The molecule has 0 aliphatic rings. The van der Waals surface area contributed by atoms with E-state index in [1.54, 1.807) is 7.11 Å². The van der Waals surface area contributed by atoms with Gasteiger partial charge < -0.3 is 10.1 Å². The highest BCUT2D eigenvalue weighted by Crippen LogP contribution is 2.04. The smallest absolute Gasteiger partial charge is 0.0746 e. The molecule has 1 N–H and O–H groups in total. The summed E-state index contributed by atoms with van der Waals surface area (Å²) in [5.41, 5.74) is -0.0309. The third-order valence-electron chi connectivity index (χ3n) is 1.73. The number of ether oxygens (including phenoxy) is 1. The van der Waals surface area contributed by atoms with Crippen molar-refractivity contribution in [2.75, 3.05) is 31.7 Å². The second-order valence-corrected chi connectivity index (χ2v) is 4.73. The highest BCUT2D eigenvalue weighted by Gasteiger charge is 2.14. The first-order valence-corrected chi connectivity index (χ1v) is 5.61. The van der Waals surface area contributed by atoms with Crippen molar-refractivity contribution in [3.63, 3.8) is 0 Å². The molecule has 0 aromatic heterocycles. The summed E-state index contributed by atoms with van der Waals surface area (Å²) < 4.78 is 5.27. The van der Waals surface area contributed by atoms with Gasteiger partial charge in [0, 0.05) is 26.0 Å². The highest BCUT2D eigenvalue weighted by molar-refractivity contribution is 7.99. The average molecular weight is 191 g/mol. The summed E-state index contributed by atoms with van der Waals surface area (Å²) in [5, 5.41) is 3.37. The lowest BCUT2D eigenvalue weighted by molar-refractivity contribution is 0.0238. The van der Waals surface area contributed by atoms with Gasteiger partial charge in [0.15, 0.2) is 0 Å². The first-order valence-electron chi connectivity index (χ1n) is 4.46. The summed E-state index contributed by atoms with van der Waals surface area (Å²) in [7, 11) is 1.75. The summed E-state index contributed by atoms with van der Waals surface area (Å²) in [6.07, 6.45) is 0. The maximum Gasteiger partial charge on any atom is 0.0746 e. The van der Waals surface area contributed by atoms with Crippen LogP contribution >= 0.6 is 11.8 Å². The molecule has 0 bridgehead atoms. The van der Waals surface area contributed by atoms with E-state index in [-0.39, 0.29) is 5.60 Å². The third kappa shape index (κ3) is 6.95. The molecule has 12 heavy (non-hydrogen) atoms. The zero-order valence-electron chi connectivity index (χ0n) is 8.64. The lowest BCUT2D eigenvalue weighted by atomic mass is 10.1. The molecule has 0 unspecified atom stereocenters. The van der Waals surface area contributed by atoms with Gasteiger partial charge in [0.25, 0.3) is 0 Å². The van der Waals surface area contributed by atoms with Gasteiger partial charge in [-0.2, -0.15) is 11.8 Å². The molecular formula is C9H21NOS. The van der Waals surface area contributed by atoms with Crippen LogP contribution in [0.25, 0.3) is 0 Å². The first kappa shape index (κ1) is 12.3. The predicted molar refractivity (Wildman–Crippen MR) is 57.0 cm³/mol. The van der Waals surface area contributed by atoms with Crippen LogP contribution in [0.1, 0.15) is 20.8 Å². The summed E-state index contributed by atoms with van der Waals surface area (Å²) in [4.78, 5) is 0. The fourth-order valence-corrected chi connectivity index (χ4v) is 1.33. The minimum atomic E-state index is -0.0309. The van der Waals surface area contributed by atoms with E-state index >= 15 is 0 Å². The zero-order chi connectivity index (χ0) is 9.45. The molecule has 74 valence electrons. The van der Waals surface area contributed by atoms with Crippen molar-refractivity contribution >= 4 is 11.8 Å². The van der Waals surface area contributed by atoms with Gasteiger partial charge >= 0.3 is 0 Å². The molecule has 2 nitrogen and oxygen atoms in total. The first-order chi connectivity index (χ1) is 5.62. The minimum absolute atomic E-state index is 0.0309. The van der Waals surface area contributed by atoms with Gasteiger partial charge in [-0.3, -0.25) is 0 Å². The molecule has 0 rings (SSSR count). The Morgan fingerprint density at radius 3 is 2.58 bits per heavy atom. The molecule has 0 aromatic rings. The highest BCUT2D eigenvalue weighted by atomic mass is 32.2. The van der Waals surface area contributed by atoms with Gasteiger partial charge in [0.1, 0.15) is 0 Å². The normalized spacial score (nSPS) is 12.0. The van der Waals surface area contributed by atoms with Crippen LogP contribution < -0.4 is 5.32 Å². The second-order valence-electron chi connectivity index (χ2n) is 3.34. The summed E-state index contributed by atoms with van der Waals surface area (Å²) >= 11 is 1.96. The topological polar surface area (TPSA) is 21.3 Å². The molecule has 0 aliphatic carbocycles. The molecule has 0 saturated carbocycles. The van der Waals surface area contributed by atoms with E-state index in [1.807, 2.05) is 11.8 Å². The van der Waals surface area contributed by atoms with Crippen molar-refractivity contribution in [3.8, 4) is 0 Å². The fraction of sp³-hybridized carbons (Fsp3) is 1.00. The van der Waals surface area contributed by atoms with Crippen LogP contribution in [0.15, 0.2) is 0 Å². The van der Waals surface area contributed by atoms with Gasteiger partial charge in [-0.15, -0.1) is 0 Å². The van der Waals surface area contributed by atoms with Crippen LogP contribution in [0.4, 0.5) is 0 Å². The number of methoxy groups -OCH3 is 1. The van der Waals surface area contributed by atoms with Crippen molar-refractivity contribution in [1.82, 2.24) is 5.32 Å². The number of thioether (sulfide) groups is 1. The Morgan fingerprint density at radius 2 is 2.08 bits per heavy atom. The van der Waals surface area contributed by atoms with E-state index in [1.165, 1.54) is 11.5 Å². The van der Waals surface area contributed by atoms with Gasteiger partial charge in [0.2, 0.25) is 0 Å². The largest absolute Gasteiger partial charge is 0.377 e. The lowest BCUT2D eigenvalue weighted by Gasteiger charge is -2.23. The van der Waals surface area contributed by atoms with Crippen LogP contribution in [0, 0.1) is 0 Å². The van der Waals surface area contributed by atoms with Crippen LogP contribution in [-0.4, -0.2) is 37.3 Å². The average Bonchev–Trinajstić information content (AvgIpc) is 2.04. The summed E-state index contributed by atoms with van der Waals surface area (Å²) in [6.45, 7) is 8.36. The van der Waals surface area contributed by atoms with Crippen LogP contribution in [0.2, 0.25) is 0 Å². The van der Waals surface area contributed by atoms with Crippen molar-refractivity contribution in [3.05, 3.63) is 0 Å². The Morgan fingerprint density at radius 1 is 1.42 bits per heavy atom. The molecule has 0 heterocycles. The van der Waals surface area contributed by atoms with E-state index in [9.17, 15) is 0 Å². The number of hydrogen-bond donors (Lipinski definition) is 1. The van der Waals surface area contributed by atoms with E-state index in [2.05, 4.69) is 26.1 Å². The Labute approximate surface area is 80.4 Å². The predicted octanol–water partition coefficient (Wildman–Crippen LogP) is 1.75. The maximum absolute atomic E-state index is 5.27. The second kappa shape index (κ2) is 6.75. The van der Waals surface area contributed by atoms with E-state index in [4.69, 9.17) is 4.74 Å². The quantitative estimate of drug-likeness (QED) is 0.620. The third-order valence-corrected chi connectivity index (χ3v) is 2.63. The molecule has 0 saturated heterocycles. The summed E-state index contributed by atoms with van der Waals surface area (Å²) in [5.74, 6) is 2.39. The van der Waals surface area contributed by atoms with Crippen LogP contribution in [-0.2, 0) is 4.74 Å². The molecule has 0 atom stereocenters. The molecule has 0 radical (unpaired) electrons.